The molecule has 0 aliphatic rings. The van der Waals surface area contributed by atoms with Gasteiger partial charge in [-0.05, 0) is 29.7 Å². The number of terminal acetylenes is 1. The molecule has 74 valence electrons. The number of hydrogen-bond acceptors (Lipinski definition) is 1. The van der Waals surface area contributed by atoms with Crippen molar-refractivity contribution in [1.29, 1.82) is 0 Å². The van der Waals surface area contributed by atoms with Gasteiger partial charge in [0.15, 0.2) is 0 Å². The van der Waals surface area contributed by atoms with Crippen molar-refractivity contribution in [2.45, 2.75) is 19.3 Å². The zero-order valence-corrected chi connectivity index (χ0v) is 9.97. The SMILES string of the molecule is C#CCC(C)c1cc(Br)ccc1OC. The highest BCUT2D eigenvalue weighted by molar-refractivity contribution is 9.10. The lowest BCUT2D eigenvalue weighted by Gasteiger charge is -2.13. The van der Waals surface area contributed by atoms with Crippen LogP contribution in [-0.2, 0) is 0 Å². The molecule has 1 unspecified atom stereocenters. The minimum Gasteiger partial charge on any atom is -0.496 e. The maximum Gasteiger partial charge on any atom is 0.122 e. The molecule has 0 saturated heterocycles. The van der Waals surface area contributed by atoms with Crippen LogP contribution in [-0.4, -0.2) is 7.11 Å². The van der Waals surface area contributed by atoms with E-state index in [1.165, 1.54) is 0 Å². The lowest BCUT2D eigenvalue weighted by molar-refractivity contribution is 0.406. The van der Waals surface area contributed by atoms with Crippen molar-refractivity contribution < 1.29 is 4.74 Å². The maximum atomic E-state index is 5.29. The van der Waals surface area contributed by atoms with E-state index in [1.54, 1.807) is 7.11 Å². The maximum absolute atomic E-state index is 5.29. The van der Waals surface area contributed by atoms with E-state index in [1.807, 2.05) is 12.1 Å². The molecule has 1 aromatic rings. The predicted molar refractivity (Wildman–Crippen MR) is 62.6 cm³/mol. The molecule has 0 heterocycles. The van der Waals surface area contributed by atoms with Crippen molar-refractivity contribution in [1.82, 2.24) is 0 Å². The zero-order valence-electron chi connectivity index (χ0n) is 8.38. The van der Waals surface area contributed by atoms with Crippen LogP contribution < -0.4 is 4.74 Å². The fraction of sp³-hybridized carbons (Fsp3) is 0.333. The van der Waals surface area contributed by atoms with Crippen LogP contribution in [0.2, 0.25) is 0 Å². The molecule has 0 spiro atoms. The molecule has 1 atom stereocenters. The third-order valence-electron chi connectivity index (χ3n) is 2.15. The molecule has 2 heteroatoms. The van der Waals surface area contributed by atoms with Crippen molar-refractivity contribution in [2.24, 2.45) is 0 Å². The summed E-state index contributed by atoms with van der Waals surface area (Å²) in [6.07, 6.45) is 6.02. The molecule has 0 radical (unpaired) electrons. The van der Waals surface area contributed by atoms with Gasteiger partial charge >= 0.3 is 0 Å². The monoisotopic (exact) mass is 252 g/mol. The van der Waals surface area contributed by atoms with Crippen LogP contribution in [0, 0.1) is 12.3 Å². The largest absolute Gasteiger partial charge is 0.496 e. The highest BCUT2D eigenvalue weighted by Gasteiger charge is 2.10. The van der Waals surface area contributed by atoms with Gasteiger partial charge in [-0.2, -0.15) is 0 Å². The van der Waals surface area contributed by atoms with Gasteiger partial charge in [0.1, 0.15) is 5.75 Å². The van der Waals surface area contributed by atoms with E-state index in [4.69, 9.17) is 11.2 Å². The average molecular weight is 253 g/mol. The molecule has 0 aromatic heterocycles. The summed E-state index contributed by atoms with van der Waals surface area (Å²) in [7, 11) is 1.68. The van der Waals surface area contributed by atoms with Gasteiger partial charge in [-0.15, -0.1) is 12.3 Å². The number of hydrogen-bond donors (Lipinski definition) is 0. The number of rotatable bonds is 3. The molecule has 0 fully saturated rings. The number of methoxy groups -OCH3 is 1. The van der Waals surface area contributed by atoms with Crippen LogP contribution in [0.3, 0.4) is 0 Å². The van der Waals surface area contributed by atoms with E-state index in [0.29, 0.717) is 5.92 Å². The first-order chi connectivity index (χ1) is 6.69. The molecule has 0 aliphatic heterocycles. The van der Waals surface area contributed by atoms with E-state index in [2.05, 4.69) is 34.8 Å². The van der Waals surface area contributed by atoms with Gasteiger partial charge in [-0.3, -0.25) is 0 Å². The van der Waals surface area contributed by atoms with Gasteiger partial charge in [0.05, 0.1) is 7.11 Å². The molecule has 1 aromatic carbocycles. The third-order valence-corrected chi connectivity index (χ3v) is 2.64. The standard InChI is InChI=1S/C12H13BrO/c1-4-5-9(2)11-8-10(13)6-7-12(11)14-3/h1,6-9H,5H2,2-3H3. The first kappa shape index (κ1) is 11.1. The van der Waals surface area contributed by atoms with Crippen LogP contribution in [0.5, 0.6) is 5.75 Å². The van der Waals surface area contributed by atoms with Crippen molar-refractivity contribution in [3.8, 4) is 18.1 Å². The van der Waals surface area contributed by atoms with E-state index >= 15 is 0 Å². The molecule has 0 bridgehead atoms. The van der Waals surface area contributed by atoms with Crippen molar-refractivity contribution >= 4 is 15.9 Å². The van der Waals surface area contributed by atoms with Crippen molar-refractivity contribution in [3.63, 3.8) is 0 Å². The summed E-state index contributed by atoms with van der Waals surface area (Å²) >= 11 is 3.44. The second kappa shape index (κ2) is 5.07. The van der Waals surface area contributed by atoms with Crippen LogP contribution in [0.25, 0.3) is 0 Å². The number of ether oxygens (including phenoxy) is 1. The minimum absolute atomic E-state index is 0.326. The second-order valence-electron chi connectivity index (χ2n) is 3.20. The summed E-state index contributed by atoms with van der Waals surface area (Å²) in [4.78, 5) is 0. The number of benzene rings is 1. The lowest BCUT2D eigenvalue weighted by Crippen LogP contribution is -1.96. The minimum atomic E-state index is 0.326. The van der Waals surface area contributed by atoms with E-state index < -0.39 is 0 Å². The van der Waals surface area contributed by atoms with Gasteiger partial charge < -0.3 is 4.74 Å². The molecular weight excluding hydrogens is 240 g/mol. The van der Waals surface area contributed by atoms with Crippen LogP contribution >= 0.6 is 15.9 Å². The van der Waals surface area contributed by atoms with Crippen molar-refractivity contribution in [2.75, 3.05) is 7.11 Å². The zero-order chi connectivity index (χ0) is 10.6. The fourth-order valence-electron chi connectivity index (χ4n) is 1.38. The van der Waals surface area contributed by atoms with Gasteiger partial charge in [-0.25, -0.2) is 0 Å². The normalized spacial score (nSPS) is 11.9. The van der Waals surface area contributed by atoms with Crippen LogP contribution in [0.15, 0.2) is 22.7 Å². The first-order valence-corrected chi connectivity index (χ1v) is 5.25. The highest BCUT2D eigenvalue weighted by Crippen LogP contribution is 2.30. The summed E-state index contributed by atoms with van der Waals surface area (Å²) in [6, 6.07) is 5.97. The highest BCUT2D eigenvalue weighted by atomic mass is 79.9. The Hall–Kier alpha value is -0.940. The first-order valence-electron chi connectivity index (χ1n) is 4.46. The van der Waals surface area contributed by atoms with E-state index in [-0.39, 0.29) is 0 Å². The molecular formula is C12H13BrO. The van der Waals surface area contributed by atoms with E-state index in [9.17, 15) is 0 Å². The van der Waals surface area contributed by atoms with Gasteiger partial charge in [-0.1, -0.05) is 22.9 Å². The third kappa shape index (κ3) is 2.52. The topological polar surface area (TPSA) is 9.23 Å². The van der Waals surface area contributed by atoms with E-state index in [0.717, 1.165) is 22.2 Å². The summed E-state index contributed by atoms with van der Waals surface area (Å²) < 4.78 is 6.33. The fourth-order valence-corrected chi connectivity index (χ4v) is 1.76. The molecule has 0 amide bonds. The Balaban J connectivity index is 3.04. The van der Waals surface area contributed by atoms with Crippen molar-refractivity contribution in [3.05, 3.63) is 28.2 Å². The van der Waals surface area contributed by atoms with Gasteiger partial charge in [0.25, 0.3) is 0 Å². The van der Waals surface area contributed by atoms with Gasteiger partial charge in [0, 0.05) is 10.9 Å². The average Bonchev–Trinajstić information content (AvgIpc) is 2.18. The van der Waals surface area contributed by atoms with Crippen LogP contribution in [0.4, 0.5) is 0 Å². The molecule has 0 N–H and O–H groups in total. The Labute approximate surface area is 93.6 Å². The molecule has 0 saturated carbocycles. The molecule has 0 aliphatic carbocycles. The molecule has 1 nitrogen and oxygen atoms in total. The van der Waals surface area contributed by atoms with Gasteiger partial charge in [0.2, 0.25) is 0 Å². The smallest absolute Gasteiger partial charge is 0.122 e. The Bertz CT molecular complexity index is 352. The Kier molecular flexibility index (Phi) is 4.03. The van der Waals surface area contributed by atoms with Crippen LogP contribution in [0.1, 0.15) is 24.8 Å². The lowest BCUT2D eigenvalue weighted by atomic mass is 9.97. The Morgan fingerprint density at radius 3 is 2.86 bits per heavy atom. The second-order valence-corrected chi connectivity index (χ2v) is 4.11. The molecule has 1 rings (SSSR count). The summed E-state index contributed by atoms with van der Waals surface area (Å²) in [6.45, 7) is 2.10. The summed E-state index contributed by atoms with van der Waals surface area (Å²) in [5, 5.41) is 0. The summed E-state index contributed by atoms with van der Waals surface area (Å²) in [5.41, 5.74) is 1.15. The predicted octanol–water partition coefficient (Wildman–Crippen LogP) is 3.58. The quantitative estimate of drug-likeness (QED) is 0.748. The summed E-state index contributed by atoms with van der Waals surface area (Å²) in [5.74, 6) is 3.89. The Morgan fingerprint density at radius 2 is 2.29 bits per heavy atom. The number of halogens is 1. The molecule has 14 heavy (non-hydrogen) atoms. The Morgan fingerprint density at radius 1 is 1.57 bits per heavy atom.